The van der Waals surface area contributed by atoms with E-state index < -0.39 is 0 Å². The molecule has 0 aliphatic heterocycles. The molecule has 0 saturated heterocycles. The van der Waals surface area contributed by atoms with Gasteiger partial charge in [-0.3, -0.25) is 0 Å². The zero-order valence-corrected chi connectivity index (χ0v) is 10.8. The second-order valence-corrected chi connectivity index (χ2v) is 4.89. The van der Waals surface area contributed by atoms with Gasteiger partial charge in [0.2, 0.25) is 0 Å². The molecule has 1 aliphatic carbocycles. The molecule has 0 heterocycles. The molecular formula is C12H12BrN3O. The number of hydrogen-bond acceptors (Lipinski definition) is 2. The summed E-state index contributed by atoms with van der Waals surface area (Å²) in [5.41, 5.74) is 1.22. The van der Waals surface area contributed by atoms with Gasteiger partial charge in [-0.2, -0.15) is 5.26 Å². The van der Waals surface area contributed by atoms with E-state index in [1.54, 1.807) is 18.2 Å². The van der Waals surface area contributed by atoms with Gasteiger partial charge < -0.3 is 10.6 Å². The summed E-state index contributed by atoms with van der Waals surface area (Å²) in [6.07, 6.45) is 3.30. The Kier molecular flexibility index (Phi) is 3.64. The van der Waals surface area contributed by atoms with Gasteiger partial charge in [0.25, 0.3) is 0 Å². The Bertz CT molecular complexity index is 477. The highest BCUT2D eigenvalue weighted by atomic mass is 79.9. The fourth-order valence-electron chi connectivity index (χ4n) is 1.58. The van der Waals surface area contributed by atoms with Crippen LogP contribution in [0, 0.1) is 11.3 Å². The third-order valence-corrected chi connectivity index (χ3v) is 3.44. The van der Waals surface area contributed by atoms with Crippen molar-refractivity contribution >= 4 is 27.6 Å². The van der Waals surface area contributed by atoms with Gasteiger partial charge in [0.15, 0.2) is 0 Å². The van der Waals surface area contributed by atoms with Crippen molar-refractivity contribution in [3.63, 3.8) is 0 Å². The van der Waals surface area contributed by atoms with Crippen molar-refractivity contribution < 1.29 is 4.79 Å². The molecule has 2 N–H and O–H groups in total. The molecule has 0 bridgehead atoms. The number of nitrogens with zero attached hydrogens (tertiary/aromatic N) is 1. The molecule has 0 radical (unpaired) electrons. The van der Waals surface area contributed by atoms with E-state index in [0.29, 0.717) is 21.8 Å². The van der Waals surface area contributed by atoms with E-state index in [1.165, 1.54) is 6.42 Å². The van der Waals surface area contributed by atoms with Crippen molar-refractivity contribution in [2.24, 2.45) is 0 Å². The number of hydrogen-bond donors (Lipinski definition) is 2. The maximum Gasteiger partial charge on any atom is 0.319 e. The van der Waals surface area contributed by atoms with Crippen LogP contribution in [0.25, 0.3) is 0 Å². The van der Waals surface area contributed by atoms with Crippen LogP contribution in [0.3, 0.4) is 0 Å². The predicted octanol–water partition coefficient (Wildman–Crippen LogP) is 2.99. The molecule has 17 heavy (non-hydrogen) atoms. The van der Waals surface area contributed by atoms with Crippen molar-refractivity contribution in [3.05, 3.63) is 28.2 Å². The van der Waals surface area contributed by atoms with Gasteiger partial charge in [-0.05, 0) is 53.4 Å². The highest BCUT2D eigenvalue weighted by Crippen LogP contribution is 2.24. The zero-order chi connectivity index (χ0) is 12.3. The van der Waals surface area contributed by atoms with Crippen LogP contribution in [0.15, 0.2) is 22.7 Å². The summed E-state index contributed by atoms with van der Waals surface area (Å²) < 4.78 is 0.709. The Morgan fingerprint density at radius 1 is 1.47 bits per heavy atom. The molecule has 1 aromatic rings. The number of nitriles is 1. The van der Waals surface area contributed by atoms with Crippen molar-refractivity contribution in [2.75, 3.05) is 5.32 Å². The Balaban J connectivity index is 1.98. The average molecular weight is 294 g/mol. The topological polar surface area (TPSA) is 64.9 Å². The quantitative estimate of drug-likeness (QED) is 0.880. The highest BCUT2D eigenvalue weighted by molar-refractivity contribution is 9.10. The van der Waals surface area contributed by atoms with Crippen LogP contribution in [0.4, 0.5) is 10.5 Å². The number of halogens is 1. The van der Waals surface area contributed by atoms with Gasteiger partial charge in [-0.15, -0.1) is 0 Å². The van der Waals surface area contributed by atoms with E-state index >= 15 is 0 Å². The fourth-order valence-corrected chi connectivity index (χ4v) is 2.06. The molecule has 88 valence electrons. The maximum absolute atomic E-state index is 11.6. The first-order valence-corrected chi connectivity index (χ1v) is 6.25. The minimum Gasteiger partial charge on any atom is -0.335 e. The summed E-state index contributed by atoms with van der Waals surface area (Å²) >= 11 is 3.32. The first kappa shape index (κ1) is 11.9. The molecule has 0 atom stereocenters. The number of carbonyl (C=O) groups excluding carboxylic acids is 1. The van der Waals surface area contributed by atoms with Crippen molar-refractivity contribution in [2.45, 2.75) is 25.3 Å². The average Bonchev–Trinajstić information content (AvgIpc) is 2.26. The molecule has 1 fully saturated rings. The molecular weight excluding hydrogens is 282 g/mol. The van der Waals surface area contributed by atoms with Crippen LogP contribution >= 0.6 is 15.9 Å². The number of rotatable bonds is 2. The lowest BCUT2D eigenvalue weighted by atomic mass is 9.93. The third-order valence-electron chi connectivity index (χ3n) is 2.79. The number of carbonyl (C=O) groups is 1. The summed E-state index contributed by atoms with van der Waals surface area (Å²) in [5, 5.41) is 14.4. The standard InChI is InChI=1S/C12H12BrN3O/c13-10-6-8(7-14)4-5-11(10)16-12(17)15-9-2-1-3-9/h4-6,9H,1-3H2,(H2,15,16,17). The number of amides is 2. The van der Waals surface area contributed by atoms with Crippen LogP contribution in [-0.4, -0.2) is 12.1 Å². The molecule has 2 amide bonds. The number of nitrogens with one attached hydrogen (secondary N) is 2. The Hall–Kier alpha value is -1.54. The Morgan fingerprint density at radius 3 is 2.76 bits per heavy atom. The van der Waals surface area contributed by atoms with Crippen LogP contribution in [-0.2, 0) is 0 Å². The van der Waals surface area contributed by atoms with Crippen molar-refractivity contribution in [1.29, 1.82) is 5.26 Å². The molecule has 0 spiro atoms. The first-order chi connectivity index (χ1) is 8.19. The monoisotopic (exact) mass is 293 g/mol. The molecule has 1 aliphatic rings. The van der Waals surface area contributed by atoms with Gasteiger partial charge >= 0.3 is 6.03 Å². The SMILES string of the molecule is N#Cc1ccc(NC(=O)NC2CCC2)c(Br)c1. The second kappa shape index (κ2) is 5.19. The van der Waals surface area contributed by atoms with Crippen LogP contribution < -0.4 is 10.6 Å². The summed E-state index contributed by atoms with van der Waals surface area (Å²) in [4.78, 5) is 11.6. The van der Waals surface area contributed by atoms with Crippen molar-refractivity contribution in [3.8, 4) is 6.07 Å². The van der Waals surface area contributed by atoms with Crippen LogP contribution in [0.5, 0.6) is 0 Å². The van der Waals surface area contributed by atoms with E-state index in [2.05, 4.69) is 26.6 Å². The largest absolute Gasteiger partial charge is 0.335 e. The minimum atomic E-state index is -0.194. The minimum absolute atomic E-state index is 0.194. The van der Waals surface area contributed by atoms with Crippen LogP contribution in [0.2, 0.25) is 0 Å². The molecule has 5 heteroatoms. The molecule has 2 rings (SSSR count). The molecule has 1 saturated carbocycles. The van der Waals surface area contributed by atoms with Crippen LogP contribution in [0.1, 0.15) is 24.8 Å². The maximum atomic E-state index is 11.6. The summed E-state index contributed by atoms with van der Waals surface area (Å²) in [5.74, 6) is 0. The van der Waals surface area contributed by atoms with Gasteiger partial charge in [0, 0.05) is 10.5 Å². The number of urea groups is 1. The zero-order valence-electron chi connectivity index (χ0n) is 9.16. The lowest BCUT2D eigenvalue weighted by Crippen LogP contribution is -2.41. The normalized spacial score (nSPS) is 14.6. The van der Waals surface area contributed by atoms with E-state index in [9.17, 15) is 4.79 Å². The summed E-state index contributed by atoms with van der Waals surface area (Å²) in [6, 6.07) is 7.22. The van der Waals surface area contributed by atoms with E-state index in [1.807, 2.05) is 6.07 Å². The molecule has 0 unspecified atom stereocenters. The number of benzene rings is 1. The van der Waals surface area contributed by atoms with E-state index in [4.69, 9.17) is 5.26 Å². The Labute approximate surface area is 108 Å². The van der Waals surface area contributed by atoms with Gasteiger partial charge in [-0.1, -0.05) is 0 Å². The second-order valence-electron chi connectivity index (χ2n) is 4.03. The van der Waals surface area contributed by atoms with Gasteiger partial charge in [-0.25, -0.2) is 4.79 Å². The molecule has 0 aromatic heterocycles. The summed E-state index contributed by atoms with van der Waals surface area (Å²) in [6.45, 7) is 0. The predicted molar refractivity (Wildman–Crippen MR) is 68.7 cm³/mol. The lowest BCUT2D eigenvalue weighted by Gasteiger charge is -2.26. The third kappa shape index (κ3) is 2.98. The van der Waals surface area contributed by atoms with E-state index in [0.717, 1.165) is 12.8 Å². The van der Waals surface area contributed by atoms with Gasteiger partial charge in [0.05, 0.1) is 17.3 Å². The van der Waals surface area contributed by atoms with Gasteiger partial charge in [0.1, 0.15) is 0 Å². The number of anilines is 1. The molecule has 4 nitrogen and oxygen atoms in total. The molecule has 1 aromatic carbocycles. The first-order valence-electron chi connectivity index (χ1n) is 5.46. The highest BCUT2D eigenvalue weighted by Gasteiger charge is 2.19. The summed E-state index contributed by atoms with van der Waals surface area (Å²) in [7, 11) is 0. The Morgan fingerprint density at radius 2 is 2.24 bits per heavy atom. The lowest BCUT2D eigenvalue weighted by molar-refractivity contribution is 0.240. The fraction of sp³-hybridized carbons (Fsp3) is 0.333. The van der Waals surface area contributed by atoms with Crippen molar-refractivity contribution in [1.82, 2.24) is 5.32 Å². The van der Waals surface area contributed by atoms with E-state index in [-0.39, 0.29) is 6.03 Å². The smallest absolute Gasteiger partial charge is 0.319 e.